The van der Waals surface area contributed by atoms with Gasteiger partial charge in [0.2, 0.25) is 0 Å². The number of nitrogens with one attached hydrogen (secondary N) is 1. The Morgan fingerprint density at radius 2 is 2.08 bits per heavy atom. The Labute approximate surface area is 79.7 Å². The van der Waals surface area contributed by atoms with E-state index in [1.165, 1.54) is 5.56 Å². The summed E-state index contributed by atoms with van der Waals surface area (Å²) in [5, 5.41) is 4.03. The zero-order valence-electron chi connectivity index (χ0n) is 8.37. The summed E-state index contributed by atoms with van der Waals surface area (Å²) in [7, 11) is -0.190. The summed E-state index contributed by atoms with van der Waals surface area (Å²) in [6.45, 7) is 4.42. The molecule has 0 aliphatic heterocycles. The molecule has 1 aromatic rings. The molecule has 1 N–H and O–H groups in total. The average molecular weight is 197 g/mol. The van der Waals surface area contributed by atoms with Crippen molar-refractivity contribution >= 4 is 12.4 Å². The van der Waals surface area contributed by atoms with Crippen LogP contribution in [0.25, 0.3) is 0 Å². The van der Waals surface area contributed by atoms with E-state index in [0.717, 1.165) is 11.8 Å². The first-order chi connectivity index (χ1) is 6.04. The van der Waals surface area contributed by atoms with Crippen LogP contribution < -0.4 is 10.6 Å². The number of benzene rings is 1. The Kier molecular flexibility index (Phi) is 3.29. The lowest BCUT2D eigenvalue weighted by molar-refractivity contribution is 0.588. The van der Waals surface area contributed by atoms with E-state index >= 15 is 0 Å². The topological polar surface area (TPSA) is 29.1 Å². The normalized spacial score (nSPS) is 11.6. The van der Waals surface area contributed by atoms with E-state index in [-0.39, 0.29) is 0 Å². The lowest BCUT2D eigenvalue weighted by Gasteiger charge is -2.08. The SMILES string of the molecule is CNCc1cccc(P(C)(C)=O)c1. The molecule has 0 aliphatic rings. The van der Waals surface area contributed by atoms with Crippen LogP contribution in [0.3, 0.4) is 0 Å². The fourth-order valence-corrected chi connectivity index (χ4v) is 2.13. The van der Waals surface area contributed by atoms with Gasteiger partial charge in [0.25, 0.3) is 0 Å². The third kappa shape index (κ3) is 2.98. The van der Waals surface area contributed by atoms with Gasteiger partial charge >= 0.3 is 0 Å². The van der Waals surface area contributed by atoms with Crippen LogP contribution in [-0.4, -0.2) is 20.4 Å². The molecule has 3 heteroatoms. The van der Waals surface area contributed by atoms with Gasteiger partial charge in [0.1, 0.15) is 7.14 Å². The van der Waals surface area contributed by atoms with E-state index in [2.05, 4.69) is 5.32 Å². The molecule has 0 unspecified atom stereocenters. The fraction of sp³-hybridized carbons (Fsp3) is 0.400. The molecule has 0 bridgehead atoms. The first-order valence-electron chi connectivity index (χ1n) is 4.33. The van der Waals surface area contributed by atoms with Gasteiger partial charge in [-0.15, -0.1) is 0 Å². The number of rotatable bonds is 3. The first kappa shape index (κ1) is 10.5. The van der Waals surface area contributed by atoms with E-state index in [0.29, 0.717) is 0 Å². The van der Waals surface area contributed by atoms with Gasteiger partial charge in [-0.05, 0) is 32.0 Å². The largest absolute Gasteiger partial charge is 0.319 e. The lowest BCUT2D eigenvalue weighted by atomic mass is 10.2. The zero-order chi connectivity index (χ0) is 9.90. The molecule has 0 saturated carbocycles. The van der Waals surface area contributed by atoms with Crippen LogP contribution in [0.1, 0.15) is 5.56 Å². The van der Waals surface area contributed by atoms with Crippen molar-refractivity contribution in [2.24, 2.45) is 0 Å². The third-order valence-corrected chi connectivity index (χ3v) is 3.44. The molecule has 0 aliphatic carbocycles. The molecular formula is C10H16NOP. The predicted molar refractivity (Wildman–Crippen MR) is 58.3 cm³/mol. The zero-order valence-corrected chi connectivity index (χ0v) is 9.27. The molecule has 0 fully saturated rings. The third-order valence-electron chi connectivity index (χ3n) is 1.91. The molecule has 72 valence electrons. The Hall–Kier alpha value is -0.590. The van der Waals surface area contributed by atoms with Crippen molar-refractivity contribution in [3.8, 4) is 0 Å². The standard InChI is InChI=1S/C10H16NOP/c1-11-8-9-5-4-6-10(7-9)13(2,3)12/h4-7,11H,8H2,1-3H3. The molecular weight excluding hydrogens is 181 g/mol. The summed E-state index contributed by atoms with van der Waals surface area (Å²) in [5.74, 6) is 0. The van der Waals surface area contributed by atoms with Gasteiger partial charge in [0.15, 0.2) is 0 Å². The number of hydrogen-bond donors (Lipinski definition) is 1. The minimum absolute atomic E-state index is 0.827. The summed E-state index contributed by atoms with van der Waals surface area (Å²) in [5.41, 5.74) is 1.18. The molecule has 0 radical (unpaired) electrons. The summed E-state index contributed by atoms with van der Waals surface area (Å²) in [4.78, 5) is 0. The summed E-state index contributed by atoms with van der Waals surface area (Å²) in [6, 6.07) is 7.94. The van der Waals surface area contributed by atoms with Crippen LogP contribution in [0, 0.1) is 0 Å². The second-order valence-corrected chi connectivity index (χ2v) is 6.77. The van der Waals surface area contributed by atoms with E-state index < -0.39 is 7.14 Å². The van der Waals surface area contributed by atoms with Crippen LogP contribution in [0.15, 0.2) is 24.3 Å². The molecule has 0 amide bonds. The van der Waals surface area contributed by atoms with Crippen molar-refractivity contribution in [1.29, 1.82) is 0 Å². The highest BCUT2D eigenvalue weighted by atomic mass is 31.2. The van der Waals surface area contributed by atoms with Crippen molar-refractivity contribution in [1.82, 2.24) is 5.32 Å². The Bertz CT molecular complexity index is 329. The molecule has 0 aromatic heterocycles. The van der Waals surface area contributed by atoms with Crippen molar-refractivity contribution in [2.75, 3.05) is 20.4 Å². The lowest BCUT2D eigenvalue weighted by Crippen LogP contribution is -2.09. The van der Waals surface area contributed by atoms with Crippen molar-refractivity contribution in [3.05, 3.63) is 29.8 Å². The molecule has 1 rings (SSSR count). The Balaban J connectivity index is 2.99. The minimum Gasteiger partial charge on any atom is -0.319 e. The van der Waals surface area contributed by atoms with Gasteiger partial charge in [-0.25, -0.2) is 0 Å². The second-order valence-electron chi connectivity index (χ2n) is 3.55. The highest BCUT2D eigenvalue weighted by molar-refractivity contribution is 7.70. The van der Waals surface area contributed by atoms with E-state index in [9.17, 15) is 4.57 Å². The van der Waals surface area contributed by atoms with Gasteiger partial charge in [-0.1, -0.05) is 18.2 Å². The minimum atomic E-state index is -2.10. The highest BCUT2D eigenvalue weighted by Gasteiger charge is 2.10. The maximum Gasteiger partial charge on any atom is 0.109 e. The van der Waals surface area contributed by atoms with Crippen molar-refractivity contribution in [3.63, 3.8) is 0 Å². The van der Waals surface area contributed by atoms with Crippen LogP contribution >= 0.6 is 7.14 Å². The Morgan fingerprint density at radius 1 is 1.38 bits per heavy atom. The second kappa shape index (κ2) is 4.08. The van der Waals surface area contributed by atoms with Crippen LogP contribution in [-0.2, 0) is 11.1 Å². The molecule has 0 atom stereocenters. The van der Waals surface area contributed by atoms with Gasteiger partial charge in [0, 0.05) is 11.8 Å². The molecule has 0 saturated heterocycles. The van der Waals surface area contributed by atoms with E-state index in [4.69, 9.17) is 0 Å². The van der Waals surface area contributed by atoms with Gasteiger partial charge in [-0.3, -0.25) is 0 Å². The maximum absolute atomic E-state index is 11.8. The van der Waals surface area contributed by atoms with Gasteiger partial charge in [0.05, 0.1) is 0 Å². The summed E-state index contributed by atoms with van der Waals surface area (Å²) in [6.07, 6.45) is 0. The predicted octanol–water partition coefficient (Wildman–Crippen LogP) is 1.65. The van der Waals surface area contributed by atoms with Crippen LogP contribution in [0.4, 0.5) is 0 Å². The maximum atomic E-state index is 11.8. The quantitative estimate of drug-likeness (QED) is 0.746. The van der Waals surface area contributed by atoms with Gasteiger partial charge < -0.3 is 9.88 Å². The molecule has 0 heterocycles. The first-order valence-corrected chi connectivity index (χ1v) is 6.93. The smallest absolute Gasteiger partial charge is 0.109 e. The molecule has 0 spiro atoms. The monoisotopic (exact) mass is 197 g/mol. The summed E-state index contributed by atoms with van der Waals surface area (Å²) < 4.78 is 11.8. The van der Waals surface area contributed by atoms with Gasteiger partial charge in [-0.2, -0.15) is 0 Å². The van der Waals surface area contributed by atoms with Crippen molar-refractivity contribution in [2.45, 2.75) is 6.54 Å². The molecule has 1 aromatic carbocycles. The highest BCUT2D eigenvalue weighted by Crippen LogP contribution is 2.34. The van der Waals surface area contributed by atoms with E-state index in [1.54, 1.807) is 13.3 Å². The average Bonchev–Trinajstić information content (AvgIpc) is 2.04. The molecule has 13 heavy (non-hydrogen) atoms. The fourth-order valence-electron chi connectivity index (χ4n) is 1.21. The van der Waals surface area contributed by atoms with Crippen molar-refractivity contribution < 1.29 is 4.57 Å². The molecule has 2 nitrogen and oxygen atoms in total. The number of hydrogen-bond acceptors (Lipinski definition) is 2. The Morgan fingerprint density at radius 3 is 2.62 bits per heavy atom. The summed E-state index contributed by atoms with van der Waals surface area (Å²) >= 11 is 0. The van der Waals surface area contributed by atoms with Crippen LogP contribution in [0.5, 0.6) is 0 Å². The van der Waals surface area contributed by atoms with E-state index in [1.807, 2.05) is 31.3 Å². The van der Waals surface area contributed by atoms with Crippen LogP contribution in [0.2, 0.25) is 0 Å².